The van der Waals surface area contributed by atoms with Gasteiger partial charge < -0.3 is 4.74 Å². The molecule has 0 spiro atoms. The fraction of sp³-hybridized carbons (Fsp3) is 0.263. The van der Waals surface area contributed by atoms with Crippen molar-refractivity contribution in [2.45, 2.75) is 18.5 Å². The van der Waals surface area contributed by atoms with E-state index >= 15 is 0 Å². The minimum absolute atomic E-state index is 0.0575. The van der Waals surface area contributed by atoms with Gasteiger partial charge in [-0.1, -0.05) is 41.6 Å². The number of thioether (sulfide) groups is 1. The van der Waals surface area contributed by atoms with Gasteiger partial charge in [0.05, 0.1) is 18.4 Å². The minimum atomic E-state index is -3.47. The molecule has 0 atom stereocenters. The van der Waals surface area contributed by atoms with Gasteiger partial charge in [-0.05, 0) is 37.6 Å². The summed E-state index contributed by atoms with van der Waals surface area (Å²) in [4.78, 5) is 0. The molecule has 2 aromatic carbocycles. The maximum absolute atomic E-state index is 11.1. The molecule has 0 aliphatic carbocycles. The van der Waals surface area contributed by atoms with E-state index in [9.17, 15) is 8.42 Å². The molecule has 7 nitrogen and oxygen atoms in total. The first-order chi connectivity index (χ1) is 13.4. The molecule has 0 saturated carbocycles. The fourth-order valence-corrected chi connectivity index (χ4v) is 4.34. The zero-order valence-electron chi connectivity index (χ0n) is 15.7. The van der Waals surface area contributed by atoms with Gasteiger partial charge in [0.2, 0.25) is 10.0 Å². The van der Waals surface area contributed by atoms with Gasteiger partial charge in [0.15, 0.2) is 11.0 Å². The molecule has 0 amide bonds. The number of sulfonamides is 1. The van der Waals surface area contributed by atoms with Gasteiger partial charge in [0, 0.05) is 11.4 Å². The van der Waals surface area contributed by atoms with Crippen LogP contribution in [0.3, 0.4) is 0 Å². The summed E-state index contributed by atoms with van der Waals surface area (Å²) in [6.45, 7) is 2.03. The number of nitrogens with zero attached hydrogens (tertiary/aromatic N) is 3. The lowest BCUT2D eigenvalue weighted by Crippen LogP contribution is -2.16. The van der Waals surface area contributed by atoms with E-state index in [0.717, 1.165) is 16.8 Å². The highest BCUT2D eigenvalue weighted by atomic mass is 32.2. The van der Waals surface area contributed by atoms with Crippen molar-refractivity contribution in [1.82, 2.24) is 14.8 Å². The number of para-hydroxylation sites is 1. The number of aromatic nitrogens is 3. The molecule has 148 valence electrons. The van der Waals surface area contributed by atoms with Crippen LogP contribution in [-0.2, 0) is 10.0 Å². The smallest absolute Gasteiger partial charge is 0.209 e. The van der Waals surface area contributed by atoms with Crippen molar-refractivity contribution >= 4 is 21.8 Å². The summed E-state index contributed by atoms with van der Waals surface area (Å²) >= 11 is 1.44. The number of ether oxygens (including phenoxy) is 1. The van der Waals surface area contributed by atoms with Crippen LogP contribution in [0.25, 0.3) is 17.1 Å². The molecular formula is C19H22N4O3S2. The second-order valence-corrected chi connectivity index (χ2v) is 9.04. The Balaban J connectivity index is 1.99. The van der Waals surface area contributed by atoms with E-state index in [-0.39, 0.29) is 5.75 Å². The zero-order chi connectivity index (χ0) is 20.1. The average molecular weight is 419 g/mol. The van der Waals surface area contributed by atoms with Crippen LogP contribution in [0, 0.1) is 6.92 Å². The largest absolute Gasteiger partial charge is 0.496 e. The SMILES string of the molecule is COc1ccccc1-c1nnc(SCCCS(N)(=O)=O)n1-c1ccc(C)cc1. The fourth-order valence-electron chi connectivity index (χ4n) is 2.72. The van der Waals surface area contributed by atoms with Gasteiger partial charge in [-0.3, -0.25) is 4.57 Å². The van der Waals surface area contributed by atoms with Gasteiger partial charge in [-0.2, -0.15) is 0 Å². The van der Waals surface area contributed by atoms with Crippen molar-refractivity contribution in [2.24, 2.45) is 5.14 Å². The Morgan fingerprint density at radius 3 is 2.50 bits per heavy atom. The van der Waals surface area contributed by atoms with Gasteiger partial charge in [0.1, 0.15) is 5.75 Å². The summed E-state index contributed by atoms with van der Waals surface area (Å²) in [6, 6.07) is 15.7. The van der Waals surface area contributed by atoms with E-state index in [1.54, 1.807) is 7.11 Å². The molecule has 0 bridgehead atoms. The van der Waals surface area contributed by atoms with Gasteiger partial charge in [-0.25, -0.2) is 13.6 Å². The number of hydrogen-bond donors (Lipinski definition) is 1. The predicted octanol–water partition coefficient (Wildman–Crippen LogP) is 3.02. The Morgan fingerprint density at radius 1 is 1.11 bits per heavy atom. The molecule has 2 N–H and O–H groups in total. The van der Waals surface area contributed by atoms with E-state index < -0.39 is 10.0 Å². The maximum atomic E-state index is 11.1. The lowest BCUT2D eigenvalue weighted by Gasteiger charge is -2.12. The highest BCUT2D eigenvalue weighted by Gasteiger charge is 2.19. The number of nitrogens with two attached hydrogens (primary N) is 1. The van der Waals surface area contributed by atoms with E-state index in [1.807, 2.05) is 60.0 Å². The van der Waals surface area contributed by atoms with E-state index in [0.29, 0.717) is 28.9 Å². The molecule has 0 fully saturated rings. The van der Waals surface area contributed by atoms with Crippen molar-refractivity contribution in [3.05, 3.63) is 54.1 Å². The van der Waals surface area contributed by atoms with Crippen molar-refractivity contribution in [2.75, 3.05) is 18.6 Å². The van der Waals surface area contributed by atoms with Crippen molar-refractivity contribution < 1.29 is 13.2 Å². The molecule has 28 heavy (non-hydrogen) atoms. The van der Waals surface area contributed by atoms with Gasteiger partial charge in [0.25, 0.3) is 0 Å². The van der Waals surface area contributed by atoms with Gasteiger partial charge >= 0.3 is 0 Å². The standard InChI is InChI=1S/C19H22N4O3S2/c1-14-8-10-15(11-9-14)23-18(16-6-3-4-7-17(16)26-2)21-22-19(23)27-12-5-13-28(20,24)25/h3-4,6-11H,5,12-13H2,1-2H3,(H2,20,24,25). The van der Waals surface area contributed by atoms with Gasteiger partial charge in [-0.15, -0.1) is 10.2 Å². The third kappa shape index (κ3) is 4.92. The number of methoxy groups -OCH3 is 1. The Morgan fingerprint density at radius 2 is 1.82 bits per heavy atom. The number of aryl methyl sites for hydroxylation is 1. The second kappa shape index (κ2) is 8.76. The van der Waals surface area contributed by atoms with E-state index in [1.165, 1.54) is 11.8 Å². The third-order valence-electron chi connectivity index (χ3n) is 4.08. The molecule has 3 rings (SSSR count). The number of rotatable bonds is 8. The lowest BCUT2D eigenvalue weighted by molar-refractivity contribution is 0.416. The highest BCUT2D eigenvalue weighted by molar-refractivity contribution is 7.99. The monoisotopic (exact) mass is 418 g/mol. The first kappa shape index (κ1) is 20.4. The maximum Gasteiger partial charge on any atom is 0.209 e. The topological polar surface area (TPSA) is 100 Å². The molecule has 9 heteroatoms. The van der Waals surface area contributed by atoms with Crippen molar-refractivity contribution in [3.8, 4) is 22.8 Å². The van der Waals surface area contributed by atoms with Crippen LogP contribution in [0.1, 0.15) is 12.0 Å². The number of hydrogen-bond acceptors (Lipinski definition) is 6. The van der Waals surface area contributed by atoms with Crippen LogP contribution in [0.5, 0.6) is 5.75 Å². The zero-order valence-corrected chi connectivity index (χ0v) is 17.3. The molecule has 1 heterocycles. The van der Waals surface area contributed by atoms with Crippen molar-refractivity contribution in [1.29, 1.82) is 0 Å². The first-order valence-electron chi connectivity index (χ1n) is 8.68. The third-order valence-corrected chi connectivity index (χ3v) is 5.95. The molecule has 1 aromatic heterocycles. The summed E-state index contributed by atoms with van der Waals surface area (Å²) in [6.07, 6.45) is 0.439. The summed E-state index contributed by atoms with van der Waals surface area (Å²) in [5.74, 6) is 1.87. The number of primary sulfonamides is 1. The molecule has 0 saturated heterocycles. The van der Waals surface area contributed by atoms with Crippen LogP contribution >= 0.6 is 11.8 Å². The van der Waals surface area contributed by atoms with E-state index in [2.05, 4.69) is 10.2 Å². The molecule has 0 aliphatic heterocycles. The quantitative estimate of drug-likeness (QED) is 0.446. The summed E-state index contributed by atoms with van der Waals surface area (Å²) in [5.41, 5.74) is 2.90. The Hall–Kier alpha value is -2.36. The first-order valence-corrected chi connectivity index (χ1v) is 11.4. The second-order valence-electron chi connectivity index (χ2n) is 6.25. The van der Waals surface area contributed by atoms with Crippen LogP contribution in [0.4, 0.5) is 0 Å². The highest BCUT2D eigenvalue weighted by Crippen LogP contribution is 2.33. The predicted molar refractivity (Wildman–Crippen MR) is 111 cm³/mol. The lowest BCUT2D eigenvalue weighted by atomic mass is 10.1. The summed E-state index contributed by atoms with van der Waals surface area (Å²) in [7, 11) is -1.85. The Kier molecular flexibility index (Phi) is 6.38. The van der Waals surface area contributed by atoms with E-state index in [4.69, 9.17) is 9.88 Å². The van der Waals surface area contributed by atoms with Crippen molar-refractivity contribution in [3.63, 3.8) is 0 Å². The molecule has 0 unspecified atom stereocenters. The molecule has 0 radical (unpaired) electrons. The molecule has 0 aliphatic rings. The Labute approximate surface area is 169 Å². The average Bonchev–Trinajstić information content (AvgIpc) is 3.08. The van der Waals surface area contributed by atoms with Crippen LogP contribution < -0.4 is 9.88 Å². The summed E-state index contributed by atoms with van der Waals surface area (Å²) in [5, 5.41) is 14.5. The summed E-state index contributed by atoms with van der Waals surface area (Å²) < 4.78 is 29.7. The van der Waals surface area contributed by atoms with Crippen LogP contribution in [0.2, 0.25) is 0 Å². The molecule has 3 aromatic rings. The normalized spacial score (nSPS) is 11.5. The Bertz CT molecular complexity index is 1050. The number of benzene rings is 2. The van der Waals surface area contributed by atoms with Crippen LogP contribution in [0.15, 0.2) is 53.7 Å². The van der Waals surface area contributed by atoms with Crippen LogP contribution in [-0.4, -0.2) is 41.8 Å². The minimum Gasteiger partial charge on any atom is -0.496 e. The molecular weight excluding hydrogens is 396 g/mol.